The van der Waals surface area contributed by atoms with Gasteiger partial charge in [-0.1, -0.05) is 230 Å². The summed E-state index contributed by atoms with van der Waals surface area (Å²) in [6, 6.07) is -0.713. The number of aliphatic hydroxyl groups excluding tert-OH is 2. The van der Waals surface area contributed by atoms with Crippen LogP contribution >= 0.6 is 0 Å². The van der Waals surface area contributed by atoms with Gasteiger partial charge < -0.3 is 20.3 Å². The molecule has 0 aliphatic heterocycles. The molecule has 3 atom stereocenters. The molecule has 0 aliphatic carbocycles. The number of esters is 1. The van der Waals surface area contributed by atoms with E-state index in [0.29, 0.717) is 19.3 Å². The van der Waals surface area contributed by atoms with E-state index < -0.39 is 18.2 Å². The molecule has 0 bridgehead atoms. The first-order valence-electron chi connectivity index (χ1n) is 26.4. The Morgan fingerprint density at radius 1 is 0.492 bits per heavy atom. The van der Waals surface area contributed by atoms with Crippen LogP contribution in [0.4, 0.5) is 0 Å². The van der Waals surface area contributed by atoms with E-state index in [1.54, 1.807) is 0 Å². The van der Waals surface area contributed by atoms with Crippen molar-refractivity contribution >= 4 is 11.9 Å². The van der Waals surface area contributed by atoms with Gasteiger partial charge in [0.25, 0.3) is 0 Å². The Hall–Kier alpha value is -2.18. The zero-order valence-corrected chi connectivity index (χ0v) is 40.5. The lowest BCUT2D eigenvalue weighted by Gasteiger charge is -2.24. The van der Waals surface area contributed by atoms with Crippen LogP contribution < -0.4 is 5.32 Å². The highest BCUT2D eigenvalue weighted by Gasteiger charge is 2.24. The Morgan fingerprint density at radius 2 is 0.902 bits per heavy atom. The molecule has 3 unspecified atom stereocenters. The fourth-order valence-corrected chi connectivity index (χ4v) is 7.96. The molecule has 0 heterocycles. The summed E-state index contributed by atoms with van der Waals surface area (Å²) < 4.78 is 5.91. The van der Waals surface area contributed by atoms with Gasteiger partial charge >= 0.3 is 5.97 Å². The predicted octanol–water partition coefficient (Wildman–Crippen LogP) is 15.8. The van der Waals surface area contributed by atoms with Crippen LogP contribution in [0.1, 0.15) is 265 Å². The van der Waals surface area contributed by atoms with Crippen molar-refractivity contribution in [1.29, 1.82) is 0 Å². The minimum atomic E-state index is -0.797. The van der Waals surface area contributed by atoms with E-state index in [4.69, 9.17) is 4.74 Å². The quantitative estimate of drug-likeness (QED) is 0.0245. The number of amides is 1. The van der Waals surface area contributed by atoms with Crippen LogP contribution in [0.15, 0.2) is 48.6 Å². The summed E-state index contributed by atoms with van der Waals surface area (Å²) in [5.41, 5.74) is 0. The second-order valence-electron chi connectivity index (χ2n) is 18.0. The molecule has 0 aromatic heterocycles. The molecule has 1 amide bonds. The van der Waals surface area contributed by atoms with Crippen molar-refractivity contribution in [3.8, 4) is 0 Å². The van der Waals surface area contributed by atoms with Gasteiger partial charge in [0, 0.05) is 6.42 Å². The standard InChI is InChI=1S/C55H101NO5/c1-4-7-10-13-16-19-22-24-25-26-27-28-30-33-36-39-42-45-48-55(60)61-51(46-43-40-37-34-31-21-18-15-12-9-6-3)49-54(59)56-52(50-57)53(58)47-44-41-38-35-32-29-23-20-17-14-11-8-5-2/h9,12,15,18,21,27-28,31,51-53,57-58H,4-8,10-11,13-14,16-17,19-20,22-26,29-30,32-50H2,1-3H3,(H,56,59)/b12-9+,18-15+,28-27+,31-21-. The molecular weight excluding hydrogens is 755 g/mol. The highest BCUT2D eigenvalue weighted by Crippen LogP contribution is 2.18. The summed E-state index contributed by atoms with van der Waals surface area (Å²) in [5.74, 6) is -0.513. The van der Waals surface area contributed by atoms with Crippen LogP contribution in [0.5, 0.6) is 0 Å². The maximum absolute atomic E-state index is 13.2. The van der Waals surface area contributed by atoms with Crippen LogP contribution in [-0.4, -0.2) is 46.9 Å². The van der Waals surface area contributed by atoms with Gasteiger partial charge in [-0.15, -0.1) is 0 Å². The van der Waals surface area contributed by atoms with Gasteiger partial charge in [0.2, 0.25) is 5.91 Å². The van der Waals surface area contributed by atoms with E-state index in [-0.39, 0.29) is 24.9 Å². The molecule has 0 aliphatic rings. The molecular formula is C55H101NO5. The lowest BCUT2D eigenvalue weighted by Crippen LogP contribution is -2.46. The van der Waals surface area contributed by atoms with Crippen molar-refractivity contribution in [2.45, 2.75) is 283 Å². The van der Waals surface area contributed by atoms with Crippen molar-refractivity contribution in [2.24, 2.45) is 0 Å². The Labute approximate surface area is 378 Å². The first-order chi connectivity index (χ1) is 30.0. The van der Waals surface area contributed by atoms with Gasteiger partial charge in [-0.05, 0) is 70.6 Å². The number of carbonyl (C=O) groups excluding carboxylic acids is 2. The fraction of sp³-hybridized carbons (Fsp3) is 0.818. The summed E-state index contributed by atoms with van der Waals surface area (Å²) in [6.45, 7) is 6.35. The van der Waals surface area contributed by atoms with Crippen molar-refractivity contribution < 1.29 is 24.5 Å². The number of hydrogen-bond donors (Lipinski definition) is 3. The van der Waals surface area contributed by atoms with Crippen LogP contribution in [0.25, 0.3) is 0 Å². The van der Waals surface area contributed by atoms with Gasteiger partial charge in [0.15, 0.2) is 0 Å². The Bertz CT molecular complexity index is 1050. The molecule has 0 fully saturated rings. The molecule has 0 spiro atoms. The zero-order valence-electron chi connectivity index (χ0n) is 40.5. The number of unbranched alkanes of at least 4 members (excludes halogenated alkanes) is 29. The number of carbonyl (C=O) groups is 2. The Balaban J connectivity index is 4.53. The summed E-state index contributed by atoms with van der Waals surface area (Å²) in [7, 11) is 0. The molecule has 0 rings (SSSR count). The molecule has 6 nitrogen and oxygen atoms in total. The number of ether oxygens (including phenoxy) is 1. The highest BCUT2D eigenvalue weighted by atomic mass is 16.5. The molecule has 0 saturated heterocycles. The molecule has 0 radical (unpaired) electrons. The van der Waals surface area contributed by atoms with Gasteiger partial charge in [0.1, 0.15) is 6.10 Å². The van der Waals surface area contributed by atoms with Crippen molar-refractivity contribution in [3.05, 3.63) is 48.6 Å². The van der Waals surface area contributed by atoms with E-state index >= 15 is 0 Å². The van der Waals surface area contributed by atoms with E-state index in [1.807, 2.05) is 12.2 Å². The molecule has 3 N–H and O–H groups in total. The Kier molecular flexibility index (Phi) is 47.1. The van der Waals surface area contributed by atoms with Crippen LogP contribution in [0.2, 0.25) is 0 Å². The topological polar surface area (TPSA) is 95.9 Å². The maximum Gasteiger partial charge on any atom is 0.306 e. The largest absolute Gasteiger partial charge is 0.462 e. The number of hydrogen-bond acceptors (Lipinski definition) is 5. The minimum Gasteiger partial charge on any atom is -0.462 e. The monoisotopic (exact) mass is 856 g/mol. The number of allylic oxidation sites excluding steroid dienone is 8. The average Bonchev–Trinajstić information content (AvgIpc) is 3.25. The lowest BCUT2D eigenvalue weighted by atomic mass is 10.0. The minimum absolute atomic E-state index is 0.0519. The molecule has 61 heavy (non-hydrogen) atoms. The Morgan fingerprint density at radius 3 is 1.39 bits per heavy atom. The second-order valence-corrected chi connectivity index (χ2v) is 18.0. The number of aliphatic hydroxyl groups is 2. The SMILES string of the molecule is CC/C=C/C=C/C=C\CCCCCC(CC(=O)NC(CO)C(O)CCCCCCCCCCCCCCC)OC(=O)CCCCCCC/C=C/CCCCCCCCCCC. The summed E-state index contributed by atoms with van der Waals surface area (Å²) in [4.78, 5) is 26.1. The van der Waals surface area contributed by atoms with E-state index in [2.05, 4.69) is 62.5 Å². The smallest absolute Gasteiger partial charge is 0.306 e. The third kappa shape index (κ3) is 44.2. The van der Waals surface area contributed by atoms with Crippen molar-refractivity contribution in [3.63, 3.8) is 0 Å². The summed E-state index contributed by atoms with van der Waals surface area (Å²) >= 11 is 0. The van der Waals surface area contributed by atoms with Gasteiger partial charge in [-0.3, -0.25) is 9.59 Å². The van der Waals surface area contributed by atoms with Crippen LogP contribution in [0, 0.1) is 0 Å². The summed E-state index contributed by atoms with van der Waals surface area (Å²) in [5, 5.41) is 23.7. The van der Waals surface area contributed by atoms with E-state index in [0.717, 1.165) is 77.0 Å². The van der Waals surface area contributed by atoms with Crippen molar-refractivity contribution in [1.82, 2.24) is 5.32 Å². The predicted molar refractivity (Wildman–Crippen MR) is 264 cm³/mol. The zero-order chi connectivity index (χ0) is 44.5. The number of nitrogens with one attached hydrogen (secondary N) is 1. The summed E-state index contributed by atoms with van der Waals surface area (Å²) in [6.07, 6.45) is 58.9. The third-order valence-corrected chi connectivity index (χ3v) is 12.0. The number of rotatable bonds is 47. The molecule has 0 saturated carbocycles. The molecule has 0 aromatic carbocycles. The third-order valence-electron chi connectivity index (χ3n) is 12.0. The van der Waals surface area contributed by atoms with Crippen LogP contribution in [0.3, 0.4) is 0 Å². The molecule has 0 aromatic rings. The molecule has 356 valence electrons. The maximum atomic E-state index is 13.2. The van der Waals surface area contributed by atoms with Gasteiger partial charge in [-0.2, -0.15) is 0 Å². The van der Waals surface area contributed by atoms with E-state index in [9.17, 15) is 19.8 Å². The average molecular weight is 856 g/mol. The van der Waals surface area contributed by atoms with Gasteiger partial charge in [-0.25, -0.2) is 0 Å². The van der Waals surface area contributed by atoms with Crippen molar-refractivity contribution in [2.75, 3.05) is 6.61 Å². The second kappa shape index (κ2) is 48.8. The van der Waals surface area contributed by atoms with Crippen LogP contribution in [-0.2, 0) is 14.3 Å². The highest BCUT2D eigenvalue weighted by molar-refractivity contribution is 5.77. The first-order valence-corrected chi connectivity index (χ1v) is 26.4. The fourth-order valence-electron chi connectivity index (χ4n) is 7.96. The van der Waals surface area contributed by atoms with E-state index in [1.165, 1.54) is 141 Å². The normalized spacial score (nSPS) is 13.6. The lowest BCUT2D eigenvalue weighted by molar-refractivity contribution is -0.151. The molecule has 6 heteroatoms. The van der Waals surface area contributed by atoms with Gasteiger partial charge in [0.05, 0.1) is 25.2 Å². The first kappa shape index (κ1) is 58.8.